The maximum Gasteiger partial charge on any atom is 0.295 e. The van der Waals surface area contributed by atoms with Gasteiger partial charge in [0.25, 0.3) is 11.7 Å². The normalized spacial score (nSPS) is 18.6. The van der Waals surface area contributed by atoms with Crippen LogP contribution in [0.1, 0.15) is 30.7 Å². The van der Waals surface area contributed by atoms with Crippen molar-refractivity contribution in [3.8, 4) is 5.75 Å². The van der Waals surface area contributed by atoms with Crippen molar-refractivity contribution >= 4 is 17.4 Å². The van der Waals surface area contributed by atoms with Crippen molar-refractivity contribution < 1.29 is 28.6 Å². The Bertz CT molecular complexity index is 854. The van der Waals surface area contributed by atoms with Gasteiger partial charge in [-0.05, 0) is 42.8 Å². The summed E-state index contributed by atoms with van der Waals surface area (Å²) in [6.07, 6.45) is 2.35. The number of Topliss-reactive ketones (excluding diaryl/α,β-unsaturated/α-hetero) is 1. The molecule has 7 nitrogen and oxygen atoms in total. The van der Waals surface area contributed by atoms with Crippen LogP contribution in [0.2, 0.25) is 0 Å². The summed E-state index contributed by atoms with van der Waals surface area (Å²) in [5, 5.41) is 10.9. The number of furan rings is 1. The molecule has 2 heterocycles. The van der Waals surface area contributed by atoms with Gasteiger partial charge in [0.1, 0.15) is 23.3 Å². The molecule has 1 aliphatic rings. The summed E-state index contributed by atoms with van der Waals surface area (Å²) in [5.41, 5.74) is 0.420. The Labute approximate surface area is 163 Å². The predicted octanol–water partition coefficient (Wildman–Crippen LogP) is 3.14. The van der Waals surface area contributed by atoms with Crippen LogP contribution in [0, 0.1) is 0 Å². The number of ether oxygens (including phenoxy) is 2. The highest BCUT2D eigenvalue weighted by Crippen LogP contribution is 2.39. The molecule has 1 atom stereocenters. The van der Waals surface area contributed by atoms with Gasteiger partial charge in [-0.2, -0.15) is 0 Å². The van der Waals surface area contributed by atoms with Crippen LogP contribution in [0.25, 0.3) is 5.76 Å². The van der Waals surface area contributed by atoms with E-state index in [9.17, 15) is 14.7 Å². The first-order valence-corrected chi connectivity index (χ1v) is 9.12. The third kappa shape index (κ3) is 3.80. The molecule has 28 heavy (non-hydrogen) atoms. The van der Waals surface area contributed by atoms with Crippen molar-refractivity contribution in [1.82, 2.24) is 4.90 Å². The molecule has 0 spiro atoms. The zero-order valence-corrected chi connectivity index (χ0v) is 15.9. The molecule has 1 saturated heterocycles. The van der Waals surface area contributed by atoms with Gasteiger partial charge >= 0.3 is 0 Å². The number of aliphatic hydroxyl groups is 1. The molecule has 1 amide bonds. The molecule has 2 aromatic rings. The molecule has 1 N–H and O–H groups in total. The zero-order chi connectivity index (χ0) is 20.1. The standard InChI is InChI=1S/C21H23NO6/c1-3-11-27-15-8-6-14(7-9-15)19(23)17-18(16-5-4-12-28-16)22(10-13-26-2)21(25)20(17)24/h4-9,12,18,23H,3,10-11,13H2,1-2H3/b19-17-. The maximum atomic E-state index is 12.7. The molecule has 0 saturated carbocycles. The number of carbonyl (C=O) groups excluding carboxylic acids is 2. The van der Waals surface area contributed by atoms with Crippen LogP contribution in [0.5, 0.6) is 5.75 Å². The summed E-state index contributed by atoms with van der Waals surface area (Å²) >= 11 is 0. The monoisotopic (exact) mass is 385 g/mol. The lowest BCUT2D eigenvalue weighted by Crippen LogP contribution is -2.32. The molecule has 1 aromatic heterocycles. The van der Waals surface area contributed by atoms with E-state index in [1.54, 1.807) is 36.4 Å². The Morgan fingerprint density at radius 2 is 1.93 bits per heavy atom. The number of rotatable bonds is 8. The largest absolute Gasteiger partial charge is 0.507 e. The van der Waals surface area contributed by atoms with E-state index in [-0.39, 0.29) is 24.5 Å². The van der Waals surface area contributed by atoms with Crippen LogP contribution >= 0.6 is 0 Å². The number of benzene rings is 1. The zero-order valence-electron chi connectivity index (χ0n) is 15.9. The summed E-state index contributed by atoms with van der Waals surface area (Å²) in [5.74, 6) is -0.618. The number of carbonyl (C=O) groups is 2. The minimum absolute atomic E-state index is 0.00159. The van der Waals surface area contributed by atoms with Crippen molar-refractivity contribution in [2.24, 2.45) is 0 Å². The van der Waals surface area contributed by atoms with Crippen LogP contribution in [-0.2, 0) is 14.3 Å². The first-order valence-electron chi connectivity index (χ1n) is 9.12. The highest BCUT2D eigenvalue weighted by atomic mass is 16.5. The van der Waals surface area contributed by atoms with Crippen LogP contribution in [0.4, 0.5) is 0 Å². The Morgan fingerprint density at radius 1 is 1.18 bits per heavy atom. The van der Waals surface area contributed by atoms with Gasteiger partial charge in [0.2, 0.25) is 0 Å². The molecule has 7 heteroatoms. The molecule has 148 valence electrons. The lowest BCUT2D eigenvalue weighted by atomic mass is 9.99. The van der Waals surface area contributed by atoms with Crippen LogP contribution in [0.15, 0.2) is 52.7 Å². The highest BCUT2D eigenvalue weighted by Gasteiger charge is 2.47. The lowest BCUT2D eigenvalue weighted by molar-refractivity contribution is -0.140. The fourth-order valence-corrected chi connectivity index (χ4v) is 3.13. The number of aliphatic hydroxyl groups excluding tert-OH is 1. The summed E-state index contributed by atoms with van der Waals surface area (Å²) in [7, 11) is 1.51. The molecular weight excluding hydrogens is 362 g/mol. The van der Waals surface area contributed by atoms with Crippen molar-refractivity contribution in [3.63, 3.8) is 0 Å². The van der Waals surface area contributed by atoms with Gasteiger partial charge in [-0.1, -0.05) is 6.92 Å². The average molecular weight is 385 g/mol. The fraction of sp³-hybridized carbons (Fsp3) is 0.333. The number of hydrogen-bond donors (Lipinski definition) is 1. The highest BCUT2D eigenvalue weighted by molar-refractivity contribution is 6.46. The van der Waals surface area contributed by atoms with Gasteiger partial charge in [-0.25, -0.2) is 0 Å². The van der Waals surface area contributed by atoms with Gasteiger partial charge in [0, 0.05) is 19.2 Å². The molecule has 0 aliphatic carbocycles. The van der Waals surface area contributed by atoms with Gasteiger partial charge in [-0.15, -0.1) is 0 Å². The third-order valence-electron chi connectivity index (χ3n) is 4.49. The Morgan fingerprint density at radius 3 is 2.54 bits per heavy atom. The molecule has 3 rings (SSSR count). The first-order chi connectivity index (χ1) is 13.6. The summed E-state index contributed by atoms with van der Waals surface area (Å²) in [6, 6.07) is 9.28. The van der Waals surface area contributed by atoms with Crippen LogP contribution < -0.4 is 4.74 Å². The quantitative estimate of drug-likeness (QED) is 0.427. The average Bonchev–Trinajstić information content (AvgIpc) is 3.32. The maximum absolute atomic E-state index is 12.7. The second-order valence-electron chi connectivity index (χ2n) is 6.37. The van der Waals surface area contributed by atoms with E-state index in [1.807, 2.05) is 6.92 Å². The van der Waals surface area contributed by atoms with Gasteiger partial charge in [0.15, 0.2) is 0 Å². The summed E-state index contributed by atoms with van der Waals surface area (Å²) in [6.45, 7) is 3.06. The van der Waals surface area contributed by atoms with E-state index in [0.717, 1.165) is 6.42 Å². The minimum atomic E-state index is -0.804. The van der Waals surface area contributed by atoms with Crippen LogP contribution in [0.3, 0.4) is 0 Å². The number of methoxy groups -OCH3 is 1. The predicted molar refractivity (Wildman–Crippen MR) is 102 cm³/mol. The van der Waals surface area contributed by atoms with E-state index < -0.39 is 17.7 Å². The van der Waals surface area contributed by atoms with Crippen molar-refractivity contribution in [2.75, 3.05) is 26.9 Å². The molecule has 0 bridgehead atoms. The SMILES string of the molecule is CCCOc1ccc(/C(O)=C2/C(=O)C(=O)N(CCOC)C2c2ccco2)cc1. The molecule has 0 radical (unpaired) electrons. The number of likely N-dealkylation sites (tertiary alicyclic amines) is 1. The topological polar surface area (TPSA) is 89.2 Å². The fourth-order valence-electron chi connectivity index (χ4n) is 3.13. The third-order valence-corrected chi connectivity index (χ3v) is 4.49. The summed E-state index contributed by atoms with van der Waals surface area (Å²) < 4.78 is 16.0. The molecule has 1 aliphatic heterocycles. The lowest BCUT2D eigenvalue weighted by Gasteiger charge is -2.22. The van der Waals surface area contributed by atoms with Gasteiger partial charge in [-0.3, -0.25) is 9.59 Å². The second kappa shape index (κ2) is 8.75. The minimum Gasteiger partial charge on any atom is -0.507 e. The number of hydrogen-bond acceptors (Lipinski definition) is 6. The molecule has 1 unspecified atom stereocenters. The van der Waals surface area contributed by atoms with Gasteiger partial charge in [0.05, 0.1) is 25.1 Å². The molecule has 1 fully saturated rings. The number of amides is 1. The smallest absolute Gasteiger partial charge is 0.295 e. The van der Waals surface area contributed by atoms with Crippen LogP contribution in [-0.4, -0.2) is 48.6 Å². The van der Waals surface area contributed by atoms with Gasteiger partial charge < -0.3 is 23.9 Å². The van der Waals surface area contributed by atoms with E-state index >= 15 is 0 Å². The Hall–Kier alpha value is -3.06. The van der Waals surface area contributed by atoms with Crippen molar-refractivity contribution in [3.05, 3.63) is 59.6 Å². The number of nitrogens with zero attached hydrogens (tertiary/aromatic N) is 1. The number of ketones is 1. The van der Waals surface area contributed by atoms with E-state index in [1.165, 1.54) is 18.3 Å². The van der Waals surface area contributed by atoms with E-state index in [2.05, 4.69) is 0 Å². The van der Waals surface area contributed by atoms with Crippen molar-refractivity contribution in [1.29, 1.82) is 0 Å². The molecular formula is C21H23NO6. The Kier molecular flexibility index (Phi) is 6.16. The van der Waals surface area contributed by atoms with Crippen molar-refractivity contribution in [2.45, 2.75) is 19.4 Å². The van der Waals surface area contributed by atoms with E-state index in [4.69, 9.17) is 13.9 Å². The van der Waals surface area contributed by atoms with E-state index in [0.29, 0.717) is 23.7 Å². The second-order valence-corrected chi connectivity index (χ2v) is 6.37. The molecule has 1 aromatic carbocycles. The Balaban J connectivity index is 2.00. The summed E-state index contributed by atoms with van der Waals surface area (Å²) in [4.78, 5) is 26.6. The first kappa shape index (κ1) is 19.7.